The fourth-order valence-electron chi connectivity index (χ4n) is 2.21. The van der Waals surface area contributed by atoms with Crippen LogP contribution in [0.1, 0.15) is 16.1 Å². The zero-order valence-corrected chi connectivity index (χ0v) is 12.7. The average Bonchev–Trinajstić information content (AvgIpc) is 2.55. The maximum atomic E-state index is 11.1. The molecule has 3 rings (SSSR count). The number of aryl methyl sites for hydroxylation is 1. The smallest absolute Gasteiger partial charge is 0.248 e. The number of amides is 1. The second-order valence-corrected chi connectivity index (χ2v) is 5.15. The van der Waals surface area contributed by atoms with Crippen molar-refractivity contribution in [2.45, 2.75) is 6.92 Å². The van der Waals surface area contributed by atoms with Gasteiger partial charge in [0.1, 0.15) is 5.82 Å². The minimum absolute atomic E-state index is 0.451. The van der Waals surface area contributed by atoms with E-state index >= 15 is 0 Å². The van der Waals surface area contributed by atoms with Gasteiger partial charge in [0, 0.05) is 28.6 Å². The second-order valence-electron chi connectivity index (χ2n) is 5.15. The van der Waals surface area contributed by atoms with Gasteiger partial charge in [0.2, 0.25) is 5.91 Å². The highest BCUT2D eigenvalue weighted by molar-refractivity contribution is 5.93. The van der Waals surface area contributed by atoms with Gasteiger partial charge >= 0.3 is 0 Å². The molecule has 0 aliphatic carbocycles. The molecule has 0 unspecified atom stereocenters. The maximum absolute atomic E-state index is 11.1. The van der Waals surface area contributed by atoms with E-state index in [1.807, 2.05) is 43.3 Å². The number of nitrogens with two attached hydrogens (primary N) is 1. The third kappa shape index (κ3) is 3.52. The van der Waals surface area contributed by atoms with Crippen LogP contribution in [0.25, 0.3) is 11.4 Å². The van der Waals surface area contributed by atoms with Crippen molar-refractivity contribution < 1.29 is 4.79 Å². The lowest BCUT2D eigenvalue weighted by atomic mass is 10.1. The molecule has 5 nitrogen and oxygen atoms in total. The molecule has 1 heterocycles. The normalized spacial score (nSPS) is 10.3. The van der Waals surface area contributed by atoms with E-state index in [0.717, 1.165) is 22.8 Å². The highest BCUT2D eigenvalue weighted by atomic mass is 16.1. The number of anilines is 2. The minimum Gasteiger partial charge on any atom is -0.366 e. The predicted molar refractivity (Wildman–Crippen MR) is 90.4 cm³/mol. The van der Waals surface area contributed by atoms with Gasteiger partial charge in [0.25, 0.3) is 0 Å². The van der Waals surface area contributed by atoms with Crippen LogP contribution in [0.2, 0.25) is 0 Å². The van der Waals surface area contributed by atoms with Crippen molar-refractivity contribution in [3.8, 4) is 11.4 Å². The number of hydrogen-bond acceptors (Lipinski definition) is 4. The summed E-state index contributed by atoms with van der Waals surface area (Å²) in [5.74, 6) is 0.866. The fraction of sp³-hybridized carbons (Fsp3) is 0.0556. The molecule has 1 aromatic heterocycles. The predicted octanol–water partition coefficient (Wildman–Crippen LogP) is 3.29. The summed E-state index contributed by atoms with van der Waals surface area (Å²) in [4.78, 5) is 20.1. The zero-order valence-electron chi connectivity index (χ0n) is 12.7. The van der Waals surface area contributed by atoms with E-state index in [1.165, 1.54) is 0 Å². The number of benzene rings is 2. The Bertz CT molecular complexity index is 829. The summed E-state index contributed by atoms with van der Waals surface area (Å²) in [7, 11) is 0. The summed E-state index contributed by atoms with van der Waals surface area (Å²) >= 11 is 0. The first-order valence-corrected chi connectivity index (χ1v) is 7.20. The molecule has 0 aliphatic rings. The van der Waals surface area contributed by atoms with E-state index in [1.54, 1.807) is 24.3 Å². The van der Waals surface area contributed by atoms with Crippen LogP contribution in [0.4, 0.5) is 11.5 Å². The Balaban J connectivity index is 1.92. The van der Waals surface area contributed by atoms with E-state index in [9.17, 15) is 4.79 Å². The van der Waals surface area contributed by atoms with Gasteiger partial charge in [-0.1, -0.05) is 30.3 Å². The molecule has 0 saturated carbocycles. The number of hydrogen-bond donors (Lipinski definition) is 2. The molecule has 0 spiro atoms. The lowest BCUT2D eigenvalue weighted by molar-refractivity contribution is 0.100. The molecular weight excluding hydrogens is 288 g/mol. The molecule has 114 valence electrons. The van der Waals surface area contributed by atoms with Crippen molar-refractivity contribution in [2.75, 3.05) is 5.32 Å². The van der Waals surface area contributed by atoms with Crippen molar-refractivity contribution in [3.05, 3.63) is 71.9 Å². The standard InChI is InChI=1S/C18H16N4O/c1-12-11-16(21-15-5-3-2-4-6-15)22-18(20-12)14-9-7-13(8-10-14)17(19)23/h2-11H,1H3,(H2,19,23)(H,20,21,22). The Morgan fingerprint density at radius 3 is 2.35 bits per heavy atom. The SMILES string of the molecule is Cc1cc(Nc2ccccc2)nc(-c2ccc(C(N)=O)cc2)n1. The van der Waals surface area contributed by atoms with Crippen molar-refractivity contribution in [3.63, 3.8) is 0 Å². The van der Waals surface area contributed by atoms with Crippen LogP contribution >= 0.6 is 0 Å². The molecule has 3 N–H and O–H groups in total. The zero-order chi connectivity index (χ0) is 16.2. The topological polar surface area (TPSA) is 80.9 Å². The van der Waals surface area contributed by atoms with Gasteiger partial charge in [-0.25, -0.2) is 9.97 Å². The van der Waals surface area contributed by atoms with Crippen LogP contribution in [0.5, 0.6) is 0 Å². The fourth-order valence-corrected chi connectivity index (χ4v) is 2.21. The summed E-state index contributed by atoms with van der Waals surface area (Å²) in [6, 6.07) is 18.6. The van der Waals surface area contributed by atoms with Crippen LogP contribution in [-0.2, 0) is 0 Å². The highest BCUT2D eigenvalue weighted by Crippen LogP contribution is 2.21. The molecule has 0 radical (unpaired) electrons. The third-order valence-corrected chi connectivity index (χ3v) is 3.33. The first-order valence-electron chi connectivity index (χ1n) is 7.20. The number of carbonyl (C=O) groups excluding carboxylic acids is 1. The molecule has 2 aromatic carbocycles. The van der Waals surface area contributed by atoms with Crippen LogP contribution in [-0.4, -0.2) is 15.9 Å². The van der Waals surface area contributed by atoms with Crippen LogP contribution in [0.15, 0.2) is 60.7 Å². The maximum Gasteiger partial charge on any atom is 0.248 e. The molecule has 0 saturated heterocycles. The largest absolute Gasteiger partial charge is 0.366 e. The van der Waals surface area contributed by atoms with Gasteiger partial charge in [0.05, 0.1) is 0 Å². The number of primary amides is 1. The van der Waals surface area contributed by atoms with Crippen molar-refractivity contribution in [1.82, 2.24) is 9.97 Å². The van der Waals surface area contributed by atoms with Crippen LogP contribution < -0.4 is 11.1 Å². The first kappa shape index (κ1) is 14.7. The quantitative estimate of drug-likeness (QED) is 0.775. The van der Waals surface area contributed by atoms with E-state index in [2.05, 4.69) is 15.3 Å². The van der Waals surface area contributed by atoms with Gasteiger partial charge in [-0.05, 0) is 31.2 Å². The number of carbonyl (C=O) groups is 1. The molecule has 0 aliphatic heterocycles. The van der Waals surface area contributed by atoms with E-state index in [-0.39, 0.29) is 0 Å². The van der Waals surface area contributed by atoms with Crippen LogP contribution in [0, 0.1) is 6.92 Å². The Kier molecular flexibility index (Phi) is 4.01. The molecule has 23 heavy (non-hydrogen) atoms. The number of nitrogens with one attached hydrogen (secondary N) is 1. The monoisotopic (exact) mass is 304 g/mol. The van der Waals surface area contributed by atoms with Crippen molar-refractivity contribution >= 4 is 17.4 Å². The first-order chi connectivity index (χ1) is 11.1. The van der Waals surface area contributed by atoms with Gasteiger partial charge in [-0.2, -0.15) is 0 Å². The average molecular weight is 304 g/mol. The summed E-state index contributed by atoms with van der Waals surface area (Å²) in [6.45, 7) is 1.92. The number of nitrogens with zero attached hydrogens (tertiary/aromatic N) is 2. The molecular formula is C18H16N4O. The van der Waals surface area contributed by atoms with E-state index in [0.29, 0.717) is 11.4 Å². The summed E-state index contributed by atoms with van der Waals surface area (Å²) in [6.07, 6.45) is 0. The Hall–Kier alpha value is -3.21. The highest BCUT2D eigenvalue weighted by Gasteiger charge is 2.07. The second kappa shape index (κ2) is 6.27. The molecule has 0 bridgehead atoms. The number of para-hydroxylation sites is 1. The Morgan fingerprint density at radius 2 is 1.70 bits per heavy atom. The summed E-state index contributed by atoms with van der Waals surface area (Å²) < 4.78 is 0. The summed E-state index contributed by atoms with van der Waals surface area (Å²) in [5.41, 5.74) is 8.36. The number of rotatable bonds is 4. The Morgan fingerprint density at radius 1 is 1.00 bits per heavy atom. The van der Waals surface area contributed by atoms with Gasteiger partial charge in [-0.15, -0.1) is 0 Å². The lowest BCUT2D eigenvalue weighted by Crippen LogP contribution is -2.10. The van der Waals surface area contributed by atoms with Gasteiger partial charge in [0.15, 0.2) is 5.82 Å². The third-order valence-electron chi connectivity index (χ3n) is 3.33. The molecule has 5 heteroatoms. The van der Waals surface area contributed by atoms with E-state index in [4.69, 9.17) is 5.73 Å². The van der Waals surface area contributed by atoms with Crippen molar-refractivity contribution in [1.29, 1.82) is 0 Å². The minimum atomic E-state index is -0.451. The summed E-state index contributed by atoms with van der Waals surface area (Å²) in [5, 5.41) is 3.26. The van der Waals surface area contributed by atoms with Crippen molar-refractivity contribution in [2.24, 2.45) is 5.73 Å². The molecule has 0 atom stereocenters. The molecule has 0 fully saturated rings. The lowest BCUT2D eigenvalue weighted by Gasteiger charge is -2.09. The number of aromatic nitrogens is 2. The van der Waals surface area contributed by atoms with Gasteiger partial charge < -0.3 is 11.1 Å². The molecule has 3 aromatic rings. The van der Waals surface area contributed by atoms with Crippen LogP contribution in [0.3, 0.4) is 0 Å². The van der Waals surface area contributed by atoms with E-state index < -0.39 is 5.91 Å². The Labute approximate surface area is 134 Å². The van der Waals surface area contributed by atoms with Gasteiger partial charge in [-0.3, -0.25) is 4.79 Å². The molecule has 1 amide bonds.